The summed E-state index contributed by atoms with van der Waals surface area (Å²) in [7, 11) is 0. The van der Waals surface area contributed by atoms with Crippen molar-refractivity contribution in [3.05, 3.63) is 0 Å². The molecule has 0 heterocycles. The number of rotatable bonds is 8. The molecule has 0 bridgehead atoms. The molecule has 0 aromatic heterocycles. The molecule has 21 heavy (non-hydrogen) atoms. The van der Waals surface area contributed by atoms with Gasteiger partial charge in [-0.25, -0.2) is 0 Å². The number of thiol groups is 2. The number of carbonyl (C=O) groups is 4. The second-order valence-corrected chi connectivity index (χ2v) is 8.67. The third kappa shape index (κ3) is 45.1. The molecule has 6 nitrogen and oxygen atoms in total. The fourth-order valence-corrected chi connectivity index (χ4v) is 4.39. The standard InChI is InChI=1S/2C4H7O.2C2H4O2S.Sn/c2*1-3-4(2)5;2*3-2(4)1-5;/h2*1,3H2,2H3;2*5H,1H2,(H,3,4);. The molecule has 0 aliphatic rings. The van der Waals surface area contributed by atoms with E-state index in [-0.39, 0.29) is 44.2 Å². The van der Waals surface area contributed by atoms with E-state index in [2.05, 4.69) is 25.3 Å². The molecule has 9 heteroatoms. The zero-order valence-electron chi connectivity index (χ0n) is 12.2. The summed E-state index contributed by atoms with van der Waals surface area (Å²) in [6.45, 7) is 3.26. The van der Waals surface area contributed by atoms with E-state index in [1.165, 1.54) is 0 Å². The Bertz CT molecular complexity index is 293. The Hall–Kier alpha value is -0.221. The number of carbonyl (C=O) groups excluding carboxylic acids is 2. The fraction of sp³-hybridized carbons (Fsp3) is 0.667. The number of hydrogen-bond donors (Lipinski definition) is 4. The van der Waals surface area contributed by atoms with E-state index in [1.807, 2.05) is 0 Å². The van der Waals surface area contributed by atoms with Crippen LogP contribution in [0.1, 0.15) is 26.7 Å². The number of aliphatic carboxylic acids is 2. The molecular weight excluding hydrogens is 423 g/mol. The van der Waals surface area contributed by atoms with Crippen LogP contribution in [0.4, 0.5) is 0 Å². The topological polar surface area (TPSA) is 109 Å². The van der Waals surface area contributed by atoms with Crippen LogP contribution >= 0.6 is 25.3 Å². The van der Waals surface area contributed by atoms with Gasteiger partial charge in [-0.3, -0.25) is 9.59 Å². The molecule has 0 atom stereocenters. The van der Waals surface area contributed by atoms with E-state index >= 15 is 0 Å². The SMILES string of the molecule is CC(=O)C[CH2][Sn][CH2]CC(C)=O.O=C(O)CS.O=C(O)CS. The first-order valence-corrected chi connectivity index (χ1v) is 11.3. The van der Waals surface area contributed by atoms with Crippen LogP contribution in [-0.2, 0) is 19.2 Å². The Morgan fingerprint density at radius 1 is 0.810 bits per heavy atom. The van der Waals surface area contributed by atoms with Crippen LogP contribution in [0.2, 0.25) is 8.87 Å². The van der Waals surface area contributed by atoms with Gasteiger partial charge >= 0.3 is 89.8 Å². The Morgan fingerprint density at radius 2 is 1.05 bits per heavy atom. The van der Waals surface area contributed by atoms with Crippen molar-refractivity contribution in [2.75, 3.05) is 11.5 Å². The van der Waals surface area contributed by atoms with Gasteiger partial charge in [0.15, 0.2) is 0 Å². The first-order valence-electron chi connectivity index (χ1n) is 6.02. The Balaban J connectivity index is -0.000000270. The minimum atomic E-state index is -0.881. The van der Waals surface area contributed by atoms with Crippen molar-refractivity contribution >= 4 is 69.9 Å². The monoisotopic (exact) mass is 446 g/mol. The van der Waals surface area contributed by atoms with Crippen LogP contribution in [0.3, 0.4) is 0 Å². The van der Waals surface area contributed by atoms with Gasteiger partial charge in [-0.05, 0) is 0 Å². The van der Waals surface area contributed by atoms with Gasteiger partial charge in [-0.2, -0.15) is 25.3 Å². The summed E-state index contributed by atoms with van der Waals surface area (Å²) in [6.07, 6.45) is 1.48. The van der Waals surface area contributed by atoms with Crippen molar-refractivity contribution < 1.29 is 29.4 Å². The maximum atomic E-state index is 10.5. The first kappa shape index (κ1) is 25.7. The number of Topliss-reactive ketones (excluding diaryl/α,β-unsaturated/α-hetero) is 2. The van der Waals surface area contributed by atoms with Crippen molar-refractivity contribution in [2.24, 2.45) is 0 Å². The Morgan fingerprint density at radius 3 is 1.19 bits per heavy atom. The zero-order valence-corrected chi connectivity index (χ0v) is 16.8. The van der Waals surface area contributed by atoms with Gasteiger partial charge in [-0.1, -0.05) is 0 Å². The maximum absolute atomic E-state index is 10.5. The molecule has 0 saturated carbocycles. The van der Waals surface area contributed by atoms with E-state index in [9.17, 15) is 19.2 Å². The van der Waals surface area contributed by atoms with Crippen LogP contribution in [0.15, 0.2) is 0 Å². The Labute approximate surface area is 146 Å². The predicted octanol–water partition coefficient (Wildman–Crippen LogP) is 1.49. The normalized spacial score (nSPS) is 8.57. The molecule has 0 rings (SSSR count). The van der Waals surface area contributed by atoms with Crippen molar-refractivity contribution in [1.29, 1.82) is 0 Å². The van der Waals surface area contributed by atoms with Crippen molar-refractivity contribution in [3.63, 3.8) is 0 Å². The molecule has 0 saturated heterocycles. The molecule has 2 radical (unpaired) electrons. The molecule has 0 aromatic carbocycles. The van der Waals surface area contributed by atoms with Crippen LogP contribution in [0.25, 0.3) is 0 Å². The number of ketones is 2. The van der Waals surface area contributed by atoms with E-state index in [0.29, 0.717) is 0 Å². The summed E-state index contributed by atoms with van der Waals surface area (Å²) in [5.74, 6) is -1.36. The third-order valence-corrected chi connectivity index (χ3v) is 5.56. The molecule has 0 unspecified atom stereocenters. The minimum Gasteiger partial charge on any atom is -0.481 e. The van der Waals surface area contributed by atoms with Crippen LogP contribution in [0, 0.1) is 0 Å². The molecule has 0 aliphatic carbocycles. The van der Waals surface area contributed by atoms with Gasteiger partial charge in [0.2, 0.25) is 0 Å². The van der Waals surface area contributed by atoms with Gasteiger partial charge in [0.1, 0.15) is 0 Å². The summed E-state index contributed by atoms with van der Waals surface area (Å²) >= 11 is 6.47. The van der Waals surface area contributed by atoms with Gasteiger partial charge < -0.3 is 10.2 Å². The van der Waals surface area contributed by atoms with Gasteiger partial charge in [0.25, 0.3) is 0 Å². The second kappa shape index (κ2) is 19.8. The zero-order chi connectivity index (χ0) is 17.3. The molecule has 0 amide bonds. The molecular formula is C12H22O6S2Sn. The Kier molecular flexibility index (Phi) is 24.2. The van der Waals surface area contributed by atoms with Gasteiger partial charge in [0, 0.05) is 0 Å². The van der Waals surface area contributed by atoms with E-state index < -0.39 is 11.9 Å². The van der Waals surface area contributed by atoms with Crippen LogP contribution in [-0.4, -0.2) is 66.4 Å². The summed E-state index contributed by atoms with van der Waals surface area (Å²) in [4.78, 5) is 39.6. The summed E-state index contributed by atoms with van der Waals surface area (Å²) < 4.78 is 2.21. The predicted molar refractivity (Wildman–Crippen MR) is 88.9 cm³/mol. The molecule has 122 valence electrons. The van der Waals surface area contributed by atoms with Gasteiger partial charge in [0.05, 0.1) is 11.5 Å². The average Bonchev–Trinajstić information content (AvgIpc) is 2.38. The summed E-state index contributed by atoms with van der Waals surface area (Å²) in [5.41, 5.74) is 0. The fourth-order valence-electron chi connectivity index (χ4n) is 0.654. The molecule has 0 fully saturated rings. The smallest absolute Gasteiger partial charge is 0.313 e. The largest absolute Gasteiger partial charge is 0.481 e. The second-order valence-electron chi connectivity index (χ2n) is 3.76. The van der Waals surface area contributed by atoms with Crippen molar-refractivity contribution in [1.82, 2.24) is 0 Å². The average molecular weight is 445 g/mol. The molecule has 2 N–H and O–H groups in total. The van der Waals surface area contributed by atoms with Crippen LogP contribution < -0.4 is 0 Å². The van der Waals surface area contributed by atoms with Crippen molar-refractivity contribution in [3.8, 4) is 0 Å². The number of carboxylic acids is 2. The van der Waals surface area contributed by atoms with Crippen LogP contribution in [0.5, 0.6) is 0 Å². The third-order valence-electron chi connectivity index (χ3n) is 1.58. The molecule has 0 spiro atoms. The summed E-state index contributed by atoms with van der Waals surface area (Å²) in [6, 6.07) is 0. The summed E-state index contributed by atoms with van der Waals surface area (Å²) in [5, 5.41) is 15.3. The maximum Gasteiger partial charge on any atom is 0.313 e. The van der Waals surface area contributed by atoms with E-state index in [0.717, 1.165) is 21.7 Å². The van der Waals surface area contributed by atoms with Crippen molar-refractivity contribution in [2.45, 2.75) is 35.6 Å². The number of hydrogen-bond acceptors (Lipinski definition) is 6. The van der Waals surface area contributed by atoms with E-state index in [4.69, 9.17) is 10.2 Å². The van der Waals surface area contributed by atoms with E-state index in [1.54, 1.807) is 13.8 Å². The molecule has 0 aliphatic heterocycles. The first-order chi connectivity index (χ1) is 9.67. The quantitative estimate of drug-likeness (QED) is 0.256. The van der Waals surface area contributed by atoms with Gasteiger partial charge in [-0.15, -0.1) is 0 Å². The number of carboxylic acid groups (broad SMARTS) is 2. The molecule has 0 aromatic rings. The minimum absolute atomic E-state index is 0.0833.